The van der Waals surface area contributed by atoms with Gasteiger partial charge in [-0.1, -0.05) is 0 Å². The number of hydrogen-bond donors (Lipinski definition) is 1. The van der Waals surface area contributed by atoms with Crippen LogP contribution >= 0.6 is 11.8 Å². The Kier molecular flexibility index (Phi) is 5.49. The molecule has 1 aliphatic heterocycles. The van der Waals surface area contributed by atoms with Gasteiger partial charge in [0.25, 0.3) is 0 Å². The van der Waals surface area contributed by atoms with Crippen LogP contribution in [0.3, 0.4) is 0 Å². The number of carbonyl (C=O) groups excluding carboxylic acids is 3. The summed E-state index contributed by atoms with van der Waals surface area (Å²) in [7, 11) is 3.00. The van der Waals surface area contributed by atoms with Crippen LogP contribution in [0.25, 0.3) is 0 Å². The van der Waals surface area contributed by atoms with E-state index in [0.717, 1.165) is 4.90 Å². The smallest absolute Gasteiger partial charge is 0.244 e. The van der Waals surface area contributed by atoms with Crippen molar-refractivity contribution in [3.05, 3.63) is 18.2 Å². The second-order valence-corrected chi connectivity index (χ2v) is 6.21. The third-order valence-corrected chi connectivity index (χ3v) is 4.47. The van der Waals surface area contributed by atoms with Crippen molar-refractivity contribution in [2.24, 2.45) is 0 Å². The van der Waals surface area contributed by atoms with Crippen molar-refractivity contribution in [1.29, 1.82) is 0 Å². The second kappa shape index (κ2) is 7.36. The molecule has 23 heavy (non-hydrogen) atoms. The monoisotopic (exact) mass is 338 g/mol. The van der Waals surface area contributed by atoms with Crippen molar-refractivity contribution >= 4 is 35.2 Å². The summed E-state index contributed by atoms with van der Waals surface area (Å²) >= 11 is 1.27. The first-order chi connectivity index (χ1) is 11.0. The first-order valence-corrected chi connectivity index (χ1v) is 7.98. The molecule has 1 aromatic carbocycles. The standard InChI is InChI=1S/C15H18N2O5S/c1-9-15(20)17(14(19)8-23-9)7-13(18)16-11-5-4-10(21-2)6-12(11)22-3/h4-6,9H,7-8H2,1-3H3,(H,16,18)/t9-/m1/s1. The number of nitrogens with zero attached hydrogens (tertiary/aromatic N) is 1. The van der Waals surface area contributed by atoms with Crippen molar-refractivity contribution in [2.75, 3.05) is 31.8 Å². The molecule has 0 bridgehead atoms. The molecule has 0 unspecified atom stereocenters. The summed E-state index contributed by atoms with van der Waals surface area (Å²) in [5, 5.41) is 2.32. The lowest BCUT2D eigenvalue weighted by Gasteiger charge is -2.27. The van der Waals surface area contributed by atoms with Crippen LogP contribution in [-0.2, 0) is 14.4 Å². The molecule has 3 amide bonds. The van der Waals surface area contributed by atoms with Crippen LogP contribution in [-0.4, -0.2) is 54.4 Å². The number of benzene rings is 1. The third-order valence-electron chi connectivity index (χ3n) is 3.36. The van der Waals surface area contributed by atoms with Crippen LogP contribution in [0.4, 0.5) is 5.69 Å². The van der Waals surface area contributed by atoms with Gasteiger partial charge in [-0.05, 0) is 19.1 Å². The third kappa shape index (κ3) is 3.95. The average Bonchev–Trinajstić information content (AvgIpc) is 2.55. The molecular weight excluding hydrogens is 320 g/mol. The van der Waals surface area contributed by atoms with Gasteiger partial charge in [-0.15, -0.1) is 11.8 Å². The van der Waals surface area contributed by atoms with Gasteiger partial charge in [0.1, 0.15) is 18.0 Å². The first kappa shape index (κ1) is 17.1. The second-order valence-electron chi connectivity index (χ2n) is 4.89. The SMILES string of the molecule is COc1ccc(NC(=O)CN2C(=O)CS[C@H](C)C2=O)c(OC)c1. The van der Waals surface area contributed by atoms with Crippen molar-refractivity contribution in [3.8, 4) is 11.5 Å². The van der Waals surface area contributed by atoms with E-state index < -0.39 is 5.91 Å². The van der Waals surface area contributed by atoms with Gasteiger partial charge in [-0.3, -0.25) is 19.3 Å². The Morgan fingerprint density at radius 3 is 2.74 bits per heavy atom. The zero-order chi connectivity index (χ0) is 17.0. The van der Waals surface area contributed by atoms with Crippen LogP contribution < -0.4 is 14.8 Å². The molecule has 1 heterocycles. The van der Waals surface area contributed by atoms with Gasteiger partial charge < -0.3 is 14.8 Å². The van der Waals surface area contributed by atoms with Gasteiger partial charge in [-0.2, -0.15) is 0 Å². The van der Waals surface area contributed by atoms with Crippen molar-refractivity contribution in [1.82, 2.24) is 4.90 Å². The summed E-state index contributed by atoms with van der Waals surface area (Å²) in [6.45, 7) is 1.41. The van der Waals surface area contributed by atoms with Gasteiger partial charge in [0.15, 0.2) is 0 Å². The Morgan fingerprint density at radius 1 is 1.35 bits per heavy atom. The van der Waals surface area contributed by atoms with Crippen molar-refractivity contribution < 1.29 is 23.9 Å². The zero-order valence-electron chi connectivity index (χ0n) is 13.1. The number of amides is 3. The minimum Gasteiger partial charge on any atom is -0.497 e. The number of carbonyl (C=O) groups is 3. The van der Waals surface area contributed by atoms with E-state index in [-0.39, 0.29) is 29.4 Å². The van der Waals surface area contributed by atoms with E-state index in [1.165, 1.54) is 26.0 Å². The number of nitrogens with one attached hydrogen (secondary N) is 1. The van der Waals surface area contributed by atoms with E-state index in [1.807, 2.05) is 0 Å². The van der Waals surface area contributed by atoms with Gasteiger partial charge in [0, 0.05) is 6.07 Å². The number of rotatable bonds is 5. The lowest BCUT2D eigenvalue weighted by molar-refractivity contribution is -0.145. The molecule has 1 saturated heterocycles. The molecule has 1 aromatic rings. The molecule has 0 radical (unpaired) electrons. The fraction of sp³-hybridized carbons (Fsp3) is 0.400. The molecule has 0 spiro atoms. The number of imide groups is 1. The van der Waals surface area contributed by atoms with Crippen LogP contribution in [0.15, 0.2) is 18.2 Å². The van der Waals surface area contributed by atoms with Crippen LogP contribution in [0.1, 0.15) is 6.92 Å². The maximum Gasteiger partial charge on any atom is 0.244 e. The highest BCUT2D eigenvalue weighted by atomic mass is 32.2. The number of anilines is 1. The molecule has 1 fully saturated rings. The molecule has 2 rings (SSSR count). The van der Waals surface area contributed by atoms with Gasteiger partial charge in [-0.25, -0.2) is 0 Å². The quantitative estimate of drug-likeness (QED) is 0.810. The minimum atomic E-state index is -0.464. The zero-order valence-corrected chi connectivity index (χ0v) is 13.9. The summed E-state index contributed by atoms with van der Waals surface area (Å²) < 4.78 is 10.3. The van der Waals surface area contributed by atoms with E-state index in [9.17, 15) is 14.4 Å². The fourth-order valence-electron chi connectivity index (χ4n) is 2.09. The predicted octanol–water partition coefficient (Wildman–Crippen LogP) is 1.13. The van der Waals surface area contributed by atoms with Crippen molar-refractivity contribution in [3.63, 3.8) is 0 Å². The van der Waals surface area contributed by atoms with Gasteiger partial charge >= 0.3 is 0 Å². The van der Waals surface area contributed by atoms with E-state index in [4.69, 9.17) is 9.47 Å². The Balaban J connectivity index is 2.07. The minimum absolute atomic E-state index is 0.200. The molecule has 0 aliphatic carbocycles. The molecule has 0 saturated carbocycles. The molecule has 8 heteroatoms. The van der Waals surface area contributed by atoms with Crippen LogP contribution in [0.5, 0.6) is 11.5 Å². The molecular formula is C15H18N2O5S. The molecule has 1 atom stereocenters. The number of methoxy groups -OCH3 is 2. The maximum absolute atomic E-state index is 12.2. The largest absolute Gasteiger partial charge is 0.497 e. The summed E-state index contributed by atoms with van der Waals surface area (Å²) in [6.07, 6.45) is 0. The maximum atomic E-state index is 12.2. The van der Waals surface area contributed by atoms with Crippen LogP contribution in [0, 0.1) is 0 Å². The van der Waals surface area contributed by atoms with Gasteiger partial charge in [0.2, 0.25) is 17.7 Å². The van der Waals surface area contributed by atoms with Crippen molar-refractivity contribution in [2.45, 2.75) is 12.2 Å². The molecule has 124 valence electrons. The van der Waals surface area contributed by atoms with E-state index in [0.29, 0.717) is 17.2 Å². The van der Waals surface area contributed by atoms with E-state index in [1.54, 1.807) is 25.1 Å². The molecule has 1 N–H and O–H groups in total. The predicted molar refractivity (Wildman–Crippen MR) is 86.8 cm³/mol. The van der Waals surface area contributed by atoms with Crippen LogP contribution in [0.2, 0.25) is 0 Å². The Hall–Kier alpha value is -2.22. The lowest BCUT2D eigenvalue weighted by atomic mass is 10.2. The summed E-state index contributed by atoms with van der Waals surface area (Å²) in [5.74, 6) is 0.0591. The van der Waals surface area contributed by atoms with Gasteiger partial charge in [0.05, 0.1) is 30.9 Å². The Labute approximate surface area is 138 Å². The highest BCUT2D eigenvalue weighted by Gasteiger charge is 2.33. The number of ether oxygens (including phenoxy) is 2. The van der Waals surface area contributed by atoms with E-state index in [2.05, 4.69) is 5.32 Å². The average molecular weight is 338 g/mol. The highest BCUT2D eigenvalue weighted by molar-refractivity contribution is 8.01. The summed E-state index contributed by atoms with van der Waals surface area (Å²) in [4.78, 5) is 36.9. The topological polar surface area (TPSA) is 84.9 Å². The molecule has 0 aromatic heterocycles. The summed E-state index contributed by atoms with van der Waals surface area (Å²) in [6, 6.07) is 4.94. The fourth-order valence-corrected chi connectivity index (χ4v) is 2.91. The molecule has 7 nitrogen and oxygen atoms in total. The normalized spacial score (nSPS) is 17.9. The van der Waals surface area contributed by atoms with E-state index >= 15 is 0 Å². The number of thioether (sulfide) groups is 1. The Bertz CT molecular complexity index is 634. The molecule has 1 aliphatic rings. The highest BCUT2D eigenvalue weighted by Crippen LogP contribution is 2.29. The summed E-state index contributed by atoms with van der Waals surface area (Å²) in [5.41, 5.74) is 0.442. The lowest BCUT2D eigenvalue weighted by Crippen LogP contribution is -2.49. The first-order valence-electron chi connectivity index (χ1n) is 6.94. The Morgan fingerprint density at radius 2 is 2.09 bits per heavy atom. The number of hydrogen-bond acceptors (Lipinski definition) is 6.